The minimum atomic E-state index is 0.646. The van der Waals surface area contributed by atoms with Gasteiger partial charge in [0, 0.05) is 17.2 Å². The van der Waals surface area contributed by atoms with Crippen LogP contribution in [0.3, 0.4) is 0 Å². The summed E-state index contributed by atoms with van der Waals surface area (Å²) in [6.07, 6.45) is 6.72. The molecule has 0 saturated heterocycles. The van der Waals surface area contributed by atoms with Gasteiger partial charge in [0.1, 0.15) is 5.82 Å². The Morgan fingerprint density at radius 1 is 1.35 bits per heavy atom. The van der Waals surface area contributed by atoms with Crippen LogP contribution in [0.1, 0.15) is 56.7 Å². The zero-order valence-corrected chi connectivity index (χ0v) is 10.9. The Kier molecular flexibility index (Phi) is 2.64. The number of aromatic nitrogens is 2. The smallest absolute Gasteiger partial charge is 0.148 e. The number of hydrogen-bond donors (Lipinski definition) is 2. The Labute approximate surface area is 103 Å². The molecule has 3 N–H and O–H groups in total. The maximum absolute atomic E-state index is 6.01. The summed E-state index contributed by atoms with van der Waals surface area (Å²) in [4.78, 5) is 0. The molecule has 2 saturated carbocycles. The number of hydrogen-bond acceptors (Lipinski definition) is 2. The van der Waals surface area contributed by atoms with Gasteiger partial charge in [0.2, 0.25) is 0 Å². The summed E-state index contributed by atoms with van der Waals surface area (Å²) in [5.74, 6) is 3.96. The fourth-order valence-corrected chi connectivity index (χ4v) is 3.92. The highest BCUT2D eigenvalue weighted by molar-refractivity contribution is 5.44. The van der Waals surface area contributed by atoms with Crippen molar-refractivity contribution in [2.24, 2.45) is 17.8 Å². The third-order valence-electron chi connectivity index (χ3n) is 4.65. The maximum atomic E-state index is 6.01. The van der Waals surface area contributed by atoms with Gasteiger partial charge in [-0.3, -0.25) is 5.10 Å². The van der Waals surface area contributed by atoms with Crippen LogP contribution in [0, 0.1) is 17.8 Å². The normalized spacial score (nSPS) is 31.6. The Balaban J connectivity index is 1.87. The summed E-state index contributed by atoms with van der Waals surface area (Å²) in [6.45, 7) is 4.49. The largest absolute Gasteiger partial charge is 0.382 e. The van der Waals surface area contributed by atoms with E-state index in [2.05, 4.69) is 24.0 Å². The lowest BCUT2D eigenvalue weighted by Gasteiger charge is -2.22. The van der Waals surface area contributed by atoms with Crippen LogP contribution < -0.4 is 5.73 Å². The van der Waals surface area contributed by atoms with Gasteiger partial charge in [0.05, 0.1) is 0 Å². The van der Waals surface area contributed by atoms with E-state index in [0.29, 0.717) is 11.8 Å². The molecule has 0 spiro atoms. The molecule has 3 nitrogen and oxygen atoms in total. The van der Waals surface area contributed by atoms with Gasteiger partial charge in [-0.25, -0.2) is 0 Å². The number of H-pyrrole nitrogens is 1. The van der Waals surface area contributed by atoms with Crippen LogP contribution in [0.25, 0.3) is 0 Å². The van der Waals surface area contributed by atoms with Gasteiger partial charge in [-0.05, 0) is 43.4 Å². The molecule has 0 aromatic carbocycles. The number of nitrogens with two attached hydrogens (primary N) is 1. The van der Waals surface area contributed by atoms with E-state index in [1.807, 2.05) is 0 Å². The molecule has 0 radical (unpaired) electrons. The monoisotopic (exact) mass is 233 g/mol. The van der Waals surface area contributed by atoms with Crippen molar-refractivity contribution >= 4 is 5.82 Å². The SMILES string of the molecule is CC(C)Cc1c(N)n[nH]c1C1CC2CCC1C2. The standard InChI is InChI=1S/C14H23N3/c1-8(2)5-12-13(16-17-14(12)15)11-7-9-3-4-10(11)6-9/h8-11H,3-7H2,1-2H3,(H3,15,16,17). The van der Waals surface area contributed by atoms with Crippen molar-refractivity contribution in [2.75, 3.05) is 5.73 Å². The first-order chi connectivity index (χ1) is 8.15. The second-order valence-corrected chi connectivity index (χ2v) is 6.38. The first-order valence-corrected chi connectivity index (χ1v) is 6.97. The topological polar surface area (TPSA) is 54.7 Å². The number of aromatic amines is 1. The fourth-order valence-electron chi connectivity index (χ4n) is 3.92. The third-order valence-corrected chi connectivity index (χ3v) is 4.65. The van der Waals surface area contributed by atoms with Crippen molar-refractivity contribution in [3.05, 3.63) is 11.3 Å². The number of nitrogens with one attached hydrogen (secondary N) is 1. The van der Waals surface area contributed by atoms with Gasteiger partial charge < -0.3 is 5.73 Å². The van der Waals surface area contributed by atoms with Crippen LogP contribution in [0.4, 0.5) is 5.82 Å². The highest BCUT2D eigenvalue weighted by Crippen LogP contribution is 2.53. The van der Waals surface area contributed by atoms with E-state index in [0.717, 1.165) is 24.1 Å². The Bertz CT molecular complexity index is 408. The molecule has 3 unspecified atom stereocenters. The molecule has 0 aliphatic heterocycles. The molecule has 3 rings (SSSR count). The van der Waals surface area contributed by atoms with Crippen LogP contribution in [0.5, 0.6) is 0 Å². The number of nitrogens with zero attached hydrogens (tertiary/aromatic N) is 1. The van der Waals surface area contributed by atoms with Crippen molar-refractivity contribution in [1.82, 2.24) is 10.2 Å². The molecule has 1 aromatic rings. The van der Waals surface area contributed by atoms with Gasteiger partial charge in [-0.2, -0.15) is 5.10 Å². The molecule has 0 amide bonds. The molecule has 2 bridgehead atoms. The lowest BCUT2D eigenvalue weighted by molar-refractivity contribution is 0.410. The molecule has 2 aliphatic carbocycles. The quantitative estimate of drug-likeness (QED) is 0.843. The van der Waals surface area contributed by atoms with Crippen LogP contribution >= 0.6 is 0 Å². The van der Waals surface area contributed by atoms with E-state index in [1.54, 1.807) is 0 Å². The van der Waals surface area contributed by atoms with E-state index in [9.17, 15) is 0 Å². The average Bonchev–Trinajstić information content (AvgIpc) is 2.94. The summed E-state index contributed by atoms with van der Waals surface area (Å²) in [7, 11) is 0. The number of anilines is 1. The first-order valence-electron chi connectivity index (χ1n) is 6.97. The highest BCUT2D eigenvalue weighted by atomic mass is 15.2. The zero-order chi connectivity index (χ0) is 12.0. The molecular formula is C14H23N3. The predicted molar refractivity (Wildman–Crippen MR) is 69.7 cm³/mol. The number of nitrogen functional groups attached to an aromatic ring is 1. The minimum absolute atomic E-state index is 0.646. The lowest BCUT2D eigenvalue weighted by Crippen LogP contribution is -2.12. The van der Waals surface area contributed by atoms with Crippen molar-refractivity contribution in [1.29, 1.82) is 0 Å². The maximum Gasteiger partial charge on any atom is 0.148 e. The summed E-state index contributed by atoms with van der Waals surface area (Å²) in [6, 6.07) is 0. The van der Waals surface area contributed by atoms with E-state index in [-0.39, 0.29) is 0 Å². The van der Waals surface area contributed by atoms with Crippen molar-refractivity contribution in [3.63, 3.8) is 0 Å². The van der Waals surface area contributed by atoms with Crippen molar-refractivity contribution in [3.8, 4) is 0 Å². The highest BCUT2D eigenvalue weighted by Gasteiger charge is 2.41. The van der Waals surface area contributed by atoms with E-state index in [1.165, 1.54) is 36.9 Å². The van der Waals surface area contributed by atoms with Crippen LogP contribution in [-0.4, -0.2) is 10.2 Å². The molecule has 1 aromatic heterocycles. The van der Waals surface area contributed by atoms with Gasteiger partial charge in [0.15, 0.2) is 0 Å². The Morgan fingerprint density at radius 2 is 2.18 bits per heavy atom. The Hall–Kier alpha value is -0.990. The summed E-state index contributed by atoms with van der Waals surface area (Å²) in [5.41, 5.74) is 8.68. The van der Waals surface area contributed by atoms with Gasteiger partial charge in [-0.1, -0.05) is 20.3 Å². The molecule has 3 heteroatoms. The first kappa shape index (κ1) is 11.1. The molecule has 3 atom stereocenters. The Morgan fingerprint density at radius 3 is 2.76 bits per heavy atom. The van der Waals surface area contributed by atoms with Gasteiger partial charge >= 0.3 is 0 Å². The summed E-state index contributed by atoms with van der Waals surface area (Å²) < 4.78 is 0. The third kappa shape index (κ3) is 1.85. The fraction of sp³-hybridized carbons (Fsp3) is 0.786. The van der Waals surface area contributed by atoms with Gasteiger partial charge in [-0.15, -0.1) is 0 Å². The predicted octanol–water partition coefficient (Wildman–Crippen LogP) is 3.09. The summed E-state index contributed by atoms with van der Waals surface area (Å²) in [5, 5.41) is 7.48. The van der Waals surface area contributed by atoms with Crippen LogP contribution in [0.2, 0.25) is 0 Å². The average molecular weight is 233 g/mol. The molecule has 17 heavy (non-hydrogen) atoms. The van der Waals surface area contributed by atoms with E-state index in [4.69, 9.17) is 5.73 Å². The number of rotatable bonds is 3. The van der Waals surface area contributed by atoms with Gasteiger partial charge in [0.25, 0.3) is 0 Å². The lowest BCUT2D eigenvalue weighted by atomic mass is 9.83. The van der Waals surface area contributed by atoms with E-state index >= 15 is 0 Å². The van der Waals surface area contributed by atoms with Crippen LogP contribution in [-0.2, 0) is 6.42 Å². The second-order valence-electron chi connectivity index (χ2n) is 6.38. The molecule has 2 fully saturated rings. The van der Waals surface area contributed by atoms with Crippen molar-refractivity contribution in [2.45, 2.75) is 51.9 Å². The molecule has 94 valence electrons. The number of fused-ring (bicyclic) bond motifs is 2. The second kappa shape index (κ2) is 4.04. The molecule has 1 heterocycles. The van der Waals surface area contributed by atoms with E-state index < -0.39 is 0 Å². The minimum Gasteiger partial charge on any atom is -0.382 e. The summed E-state index contributed by atoms with van der Waals surface area (Å²) >= 11 is 0. The molecular weight excluding hydrogens is 210 g/mol. The molecule has 2 aliphatic rings. The van der Waals surface area contributed by atoms with Crippen molar-refractivity contribution < 1.29 is 0 Å². The zero-order valence-electron chi connectivity index (χ0n) is 10.9. The van der Waals surface area contributed by atoms with Crippen LogP contribution in [0.15, 0.2) is 0 Å².